The molecule has 4 rings (SSSR count). The summed E-state index contributed by atoms with van der Waals surface area (Å²) in [5, 5.41) is 5.95. The lowest BCUT2D eigenvalue weighted by atomic mass is 9.95. The van der Waals surface area contributed by atoms with E-state index in [0.717, 1.165) is 5.56 Å². The Morgan fingerprint density at radius 2 is 1.84 bits per heavy atom. The van der Waals surface area contributed by atoms with E-state index in [9.17, 15) is 14.4 Å². The molecule has 2 aromatic carbocycles. The molecule has 0 fully saturated rings. The average molecular weight is 521 g/mol. The van der Waals surface area contributed by atoms with Crippen LogP contribution >= 0.6 is 0 Å². The molecular weight excluding hydrogens is 484 g/mol. The lowest BCUT2D eigenvalue weighted by molar-refractivity contribution is -0.138. The van der Waals surface area contributed by atoms with Crippen LogP contribution in [0.4, 0.5) is 4.79 Å². The van der Waals surface area contributed by atoms with E-state index in [4.69, 9.17) is 9.47 Å². The van der Waals surface area contributed by atoms with Crippen LogP contribution in [-0.4, -0.2) is 67.0 Å². The largest absolute Gasteiger partial charge is 0.457 e. The van der Waals surface area contributed by atoms with Crippen molar-refractivity contribution < 1.29 is 23.9 Å². The Morgan fingerprint density at radius 1 is 1.11 bits per heavy atom. The first-order chi connectivity index (χ1) is 18.3. The summed E-state index contributed by atoms with van der Waals surface area (Å²) in [4.78, 5) is 43.4. The number of hydrogen-bond donors (Lipinski definition) is 2. The van der Waals surface area contributed by atoms with E-state index in [1.807, 2.05) is 75.4 Å². The molecule has 0 spiro atoms. The van der Waals surface area contributed by atoms with Crippen molar-refractivity contribution in [2.24, 2.45) is 5.92 Å². The normalized spacial score (nSPS) is 18.0. The minimum Gasteiger partial charge on any atom is -0.457 e. The van der Waals surface area contributed by atoms with E-state index in [-0.39, 0.29) is 30.3 Å². The molecule has 2 aliphatic rings. The predicted molar refractivity (Wildman–Crippen MR) is 143 cm³/mol. The molecule has 0 saturated carbocycles. The van der Waals surface area contributed by atoms with Gasteiger partial charge in [0.25, 0.3) is 5.91 Å². The van der Waals surface area contributed by atoms with Crippen LogP contribution in [0.15, 0.2) is 65.9 Å². The molecule has 2 aromatic rings. The first-order valence-corrected chi connectivity index (χ1v) is 13.1. The molecule has 0 saturated heterocycles. The first kappa shape index (κ1) is 27.2. The zero-order valence-corrected chi connectivity index (χ0v) is 22.4. The van der Waals surface area contributed by atoms with Gasteiger partial charge in [-0.25, -0.2) is 4.79 Å². The van der Waals surface area contributed by atoms with Crippen LogP contribution in [0.25, 0.3) is 0 Å². The maximum atomic E-state index is 14.0. The van der Waals surface area contributed by atoms with E-state index in [0.29, 0.717) is 48.9 Å². The summed E-state index contributed by atoms with van der Waals surface area (Å²) in [5.74, 6) is 0.710. The highest BCUT2D eigenvalue weighted by molar-refractivity contribution is 6.03. The van der Waals surface area contributed by atoms with Gasteiger partial charge in [-0.05, 0) is 49.1 Å². The highest BCUT2D eigenvalue weighted by atomic mass is 16.5. The van der Waals surface area contributed by atoms with E-state index < -0.39 is 12.1 Å². The number of rotatable bonds is 11. The Labute approximate surface area is 223 Å². The maximum Gasteiger partial charge on any atom is 0.322 e. The van der Waals surface area contributed by atoms with Crippen LogP contribution in [0.5, 0.6) is 11.5 Å². The molecule has 0 bridgehead atoms. The number of urea groups is 1. The Morgan fingerprint density at radius 3 is 2.53 bits per heavy atom. The molecule has 2 heterocycles. The molecule has 2 N–H and O–H groups in total. The second kappa shape index (κ2) is 12.1. The molecule has 0 unspecified atom stereocenters. The minimum atomic E-state index is -0.669. The van der Waals surface area contributed by atoms with Crippen LogP contribution in [0.3, 0.4) is 0 Å². The smallest absolute Gasteiger partial charge is 0.322 e. The Kier molecular flexibility index (Phi) is 8.68. The zero-order chi connectivity index (χ0) is 27.2. The molecule has 4 amide bonds. The summed E-state index contributed by atoms with van der Waals surface area (Å²) in [6.45, 7) is 7.32. The molecule has 0 aromatic heterocycles. The molecule has 2 aliphatic heterocycles. The number of ether oxygens (including phenoxy) is 2. The van der Waals surface area contributed by atoms with E-state index in [1.54, 1.807) is 16.9 Å². The SMILES string of the molecule is CCN1C(=O)N[C@H](c2cccc(Oc3ccccc3)c2)C2=C1CN([C@H](C(=O)NCCCOC)C(C)C)C2=O. The van der Waals surface area contributed by atoms with Gasteiger partial charge < -0.3 is 25.0 Å². The van der Waals surface area contributed by atoms with Gasteiger partial charge in [-0.2, -0.15) is 0 Å². The summed E-state index contributed by atoms with van der Waals surface area (Å²) in [6, 6.07) is 15.2. The van der Waals surface area contributed by atoms with Gasteiger partial charge in [0, 0.05) is 26.8 Å². The number of carbonyl (C=O) groups is 3. The van der Waals surface area contributed by atoms with Gasteiger partial charge in [0.2, 0.25) is 5.91 Å². The summed E-state index contributed by atoms with van der Waals surface area (Å²) in [5.41, 5.74) is 1.86. The highest BCUT2D eigenvalue weighted by Crippen LogP contribution is 2.38. The number of likely N-dealkylation sites (N-methyl/N-ethyl adjacent to an activating group) is 1. The van der Waals surface area contributed by atoms with Crippen LogP contribution in [-0.2, 0) is 14.3 Å². The quantitative estimate of drug-likeness (QED) is 0.439. The van der Waals surface area contributed by atoms with Gasteiger partial charge >= 0.3 is 6.03 Å². The van der Waals surface area contributed by atoms with Crippen molar-refractivity contribution in [1.29, 1.82) is 0 Å². The number of para-hydroxylation sites is 1. The fourth-order valence-corrected chi connectivity index (χ4v) is 5.04. The molecule has 2 atom stereocenters. The fraction of sp³-hybridized carbons (Fsp3) is 0.414. The van der Waals surface area contributed by atoms with Crippen LogP contribution in [0, 0.1) is 5.92 Å². The topological polar surface area (TPSA) is 100 Å². The van der Waals surface area contributed by atoms with Crippen LogP contribution < -0.4 is 15.4 Å². The summed E-state index contributed by atoms with van der Waals surface area (Å²) in [7, 11) is 1.62. The van der Waals surface area contributed by atoms with Gasteiger partial charge in [-0.15, -0.1) is 0 Å². The van der Waals surface area contributed by atoms with Crippen molar-refractivity contribution in [2.75, 3.05) is 33.4 Å². The van der Waals surface area contributed by atoms with Gasteiger partial charge in [-0.1, -0.05) is 44.2 Å². The van der Waals surface area contributed by atoms with Gasteiger partial charge in [0.05, 0.1) is 23.9 Å². The van der Waals surface area contributed by atoms with Crippen molar-refractivity contribution in [1.82, 2.24) is 20.4 Å². The van der Waals surface area contributed by atoms with Crippen molar-refractivity contribution >= 4 is 17.8 Å². The predicted octanol–water partition coefficient (Wildman–Crippen LogP) is 3.84. The fourth-order valence-electron chi connectivity index (χ4n) is 5.04. The molecule has 0 radical (unpaired) electrons. The van der Waals surface area contributed by atoms with Crippen molar-refractivity contribution in [3.63, 3.8) is 0 Å². The highest BCUT2D eigenvalue weighted by Gasteiger charge is 2.47. The average Bonchev–Trinajstić information content (AvgIpc) is 3.23. The minimum absolute atomic E-state index is 0.123. The third-order valence-electron chi connectivity index (χ3n) is 6.80. The third kappa shape index (κ3) is 5.67. The van der Waals surface area contributed by atoms with Crippen molar-refractivity contribution in [3.05, 3.63) is 71.4 Å². The molecule has 0 aliphatic carbocycles. The number of nitrogens with zero attached hydrogens (tertiary/aromatic N) is 2. The summed E-state index contributed by atoms with van der Waals surface area (Å²) in [6.07, 6.45) is 0.682. The number of nitrogens with one attached hydrogen (secondary N) is 2. The summed E-state index contributed by atoms with van der Waals surface area (Å²) >= 11 is 0. The van der Waals surface area contributed by atoms with Gasteiger partial charge in [0.1, 0.15) is 17.5 Å². The number of hydrogen-bond acceptors (Lipinski definition) is 5. The lowest BCUT2D eigenvalue weighted by Gasteiger charge is -2.33. The standard InChI is InChI=1S/C29H36N4O5/c1-5-32-23-18-33(26(19(2)3)27(34)30-15-10-16-37-4)28(35)24(23)25(31-29(32)36)20-11-9-14-22(17-20)38-21-12-7-6-8-13-21/h6-9,11-14,17,19,25-26H,5,10,15-16,18H2,1-4H3,(H,30,34)(H,31,36)/t25-,26+/m1/s1. The molecule has 9 nitrogen and oxygen atoms in total. The van der Waals surface area contributed by atoms with E-state index in [2.05, 4.69) is 10.6 Å². The van der Waals surface area contributed by atoms with E-state index >= 15 is 0 Å². The Bertz CT molecular complexity index is 1200. The van der Waals surface area contributed by atoms with Crippen LogP contribution in [0.2, 0.25) is 0 Å². The number of carbonyl (C=O) groups excluding carboxylic acids is 3. The third-order valence-corrected chi connectivity index (χ3v) is 6.80. The second-order valence-corrected chi connectivity index (χ2v) is 9.73. The van der Waals surface area contributed by atoms with Crippen molar-refractivity contribution in [3.8, 4) is 11.5 Å². The monoisotopic (exact) mass is 520 g/mol. The lowest BCUT2D eigenvalue weighted by Crippen LogP contribution is -2.51. The van der Waals surface area contributed by atoms with Gasteiger partial charge in [0.15, 0.2) is 0 Å². The molecule has 38 heavy (non-hydrogen) atoms. The van der Waals surface area contributed by atoms with E-state index in [1.165, 1.54) is 0 Å². The Hall–Kier alpha value is -3.85. The molecule has 9 heteroatoms. The first-order valence-electron chi connectivity index (χ1n) is 13.1. The van der Waals surface area contributed by atoms with Gasteiger partial charge in [-0.3, -0.25) is 14.5 Å². The van der Waals surface area contributed by atoms with Crippen molar-refractivity contribution in [2.45, 2.75) is 39.3 Å². The Balaban J connectivity index is 1.63. The maximum absolute atomic E-state index is 14.0. The summed E-state index contributed by atoms with van der Waals surface area (Å²) < 4.78 is 11.1. The zero-order valence-electron chi connectivity index (χ0n) is 22.4. The number of benzene rings is 2. The second-order valence-electron chi connectivity index (χ2n) is 9.73. The number of amides is 4. The molecular formula is C29H36N4O5. The van der Waals surface area contributed by atoms with Crippen LogP contribution in [0.1, 0.15) is 38.8 Å². The number of methoxy groups -OCH3 is 1. The molecule has 202 valence electrons.